The Labute approximate surface area is 98.4 Å². The van der Waals surface area contributed by atoms with Crippen molar-refractivity contribution in [3.05, 3.63) is 29.6 Å². The van der Waals surface area contributed by atoms with E-state index >= 15 is 0 Å². The average molecular weight is 233 g/mol. The van der Waals surface area contributed by atoms with Crippen molar-refractivity contribution in [2.75, 3.05) is 11.9 Å². The number of anilines is 1. The van der Waals surface area contributed by atoms with Gasteiger partial charge in [-0.05, 0) is 31.0 Å². The molecule has 1 aliphatic rings. The van der Waals surface area contributed by atoms with Crippen LogP contribution in [0.15, 0.2) is 18.2 Å². The van der Waals surface area contributed by atoms with Crippen LogP contribution in [0.4, 0.5) is 10.1 Å². The summed E-state index contributed by atoms with van der Waals surface area (Å²) >= 11 is 0. The molecule has 0 aromatic heterocycles. The van der Waals surface area contributed by atoms with Crippen molar-refractivity contribution >= 4 is 11.6 Å². The van der Waals surface area contributed by atoms with Crippen LogP contribution >= 0.6 is 0 Å². The summed E-state index contributed by atoms with van der Waals surface area (Å²) in [5.41, 5.74) is 0.669. The third kappa shape index (κ3) is 3.45. The quantitative estimate of drug-likeness (QED) is 0.825. The van der Waals surface area contributed by atoms with Gasteiger partial charge in [-0.2, -0.15) is 5.26 Å². The van der Waals surface area contributed by atoms with Crippen LogP contribution in [-0.2, 0) is 4.79 Å². The highest BCUT2D eigenvalue weighted by molar-refractivity contribution is 5.81. The lowest BCUT2D eigenvalue weighted by atomic mass is 10.2. The summed E-state index contributed by atoms with van der Waals surface area (Å²) in [6.45, 7) is 0.0881. The Morgan fingerprint density at radius 2 is 2.24 bits per heavy atom. The van der Waals surface area contributed by atoms with E-state index in [2.05, 4.69) is 10.6 Å². The number of nitriles is 1. The van der Waals surface area contributed by atoms with Crippen LogP contribution in [0.25, 0.3) is 0 Å². The number of benzene rings is 1. The fourth-order valence-corrected chi connectivity index (χ4v) is 1.44. The van der Waals surface area contributed by atoms with Crippen LogP contribution in [0, 0.1) is 17.1 Å². The van der Waals surface area contributed by atoms with Gasteiger partial charge in [0.25, 0.3) is 0 Å². The van der Waals surface area contributed by atoms with Crippen LogP contribution in [0.5, 0.6) is 0 Å². The molecule has 5 heteroatoms. The average Bonchev–Trinajstić information content (AvgIpc) is 3.09. The number of carbonyl (C=O) groups is 1. The first-order valence-electron chi connectivity index (χ1n) is 5.41. The van der Waals surface area contributed by atoms with E-state index < -0.39 is 5.82 Å². The summed E-state index contributed by atoms with van der Waals surface area (Å²) in [6.07, 6.45) is 2.06. The van der Waals surface area contributed by atoms with E-state index in [-0.39, 0.29) is 18.0 Å². The second kappa shape index (κ2) is 4.83. The molecule has 0 aliphatic heterocycles. The normalized spacial score (nSPS) is 13.9. The van der Waals surface area contributed by atoms with Crippen LogP contribution in [0.2, 0.25) is 0 Å². The summed E-state index contributed by atoms with van der Waals surface area (Å²) in [7, 11) is 0. The van der Waals surface area contributed by atoms with Gasteiger partial charge in [0.05, 0.1) is 18.2 Å². The number of hydrogen-bond donors (Lipinski definition) is 2. The fraction of sp³-hybridized carbons (Fsp3) is 0.333. The molecule has 0 radical (unpaired) electrons. The zero-order valence-electron chi connectivity index (χ0n) is 9.16. The molecular formula is C12H12FN3O. The molecule has 17 heavy (non-hydrogen) atoms. The van der Waals surface area contributed by atoms with Gasteiger partial charge in [-0.3, -0.25) is 4.79 Å². The Balaban J connectivity index is 1.91. The number of halogens is 1. The Bertz CT molecular complexity index is 477. The Kier molecular flexibility index (Phi) is 3.24. The molecule has 1 aromatic rings. The molecule has 4 nitrogen and oxygen atoms in total. The molecule has 0 spiro atoms. The molecule has 0 unspecified atom stereocenters. The lowest BCUT2D eigenvalue weighted by Crippen LogP contribution is -2.31. The van der Waals surface area contributed by atoms with Crippen LogP contribution < -0.4 is 10.6 Å². The summed E-state index contributed by atoms with van der Waals surface area (Å²) in [4.78, 5) is 11.4. The molecule has 88 valence electrons. The zero-order valence-corrected chi connectivity index (χ0v) is 9.16. The molecule has 0 saturated heterocycles. The molecule has 1 aliphatic carbocycles. The Morgan fingerprint density at radius 1 is 1.47 bits per heavy atom. The lowest BCUT2D eigenvalue weighted by molar-refractivity contribution is -0.119. The van der Waals surface area contributed by atoms with Crippen molar-refractivity contribution in [3.63, 3.8) is 0 Å². The second-order valence-corrected chi connectivity index (χ2v) is 4.04. The monoisotopic (exact) mass is 233 g/mol. The second-order valence-electron chi connectivity index (χ2n) is 4.04. The molecule has 0 atom stereocenters. The standard InChI is InChI=1S/C12H12FN3O/c13-9-3-8(6-14)4-11(5-9)15-7-12(17)16-10-1-2-10/h3-5,10,15H,1-2,7H2,(H,16,17). The zero-order chi connectivity index (χ0) is 12.3. The van der Waals surface area contributed by atoms with Gasteiger partial charge >= 0.3 is 0 Å². The van der Waals surface area contributed by atoms with E-state index in [9.17, 15) is 9.18 Å². The topological polar surface area (TPSA) is 64.9 Å². The summed E-state index contributed by atoms with van der Waals surface area (Å²) in [5.74, 6) is -0.607. The smallest absolute Gasteiger partial charge is 0.239 e. The number of nitrogens with one attached hydrogen (secondary N) is 2. The Morgan fingerprint density at radius 3 is 2.88 bits per heavy atom. The minimum absolute atomic E-state index is 0.0881. The highest BCUT2D eigenvalue weighted by atomic mass is 19.1. The van der Waals surface area contributed by atoms with E-state index in [1.165, 1.54) is 12.1 Å². The van der Waals surface area contributed by atoms with E-state index in [1.807, 2.05) is 6.07 Å². The number of rotatable bonds is 4. The molecule has 2 N–H and O–H groups in total. The highest BCUT2D eigenvalue weighted by Gasteiger charge is 2.22. The number of nitrogens with zero attached hydrogens (tertiary/aromatic N) is 1. The predicted octanol–water partition coefficient (Wildman–Crippen LogP) is 1.39. The lowest BCUT2D eigenvalue weighted by Gasteiger charge is -2.07. The van der Waals surface area contributed by atoms with Crippen molar-refractivity contribution in [2.24, 2.45) is 0 Å². The Hall–Kier alpha value is -2.09. The molecule has 2 rings (SSSR count). The van der Waals surface area contributed by atoms with Crippen molar-refractivity contribution in [2.45, 2.75) is 18.9 Å². The van der Waals surface area contributed by atoms with Gasteiger partial charge in [-0.25, -0.2) is 4.39 Å². The van der Waals surface area contributed by atoms with Gasteiger partial charge < -0.3 is 10.6 Å². The largest absolute Gasteiger partial charge is 0.376 e. The highest BCUT2D eigenvalue weighted by Crippen LogP contribution is 2.18. The molecule has 1 fully saturated rings. The molecular weight excluding hydrogens is 221 g/mol. The number of carbonyl (C=O) groups excluding carboxylic acids is 1. The minimum atomic E-state index is -0.492. The number of hydrogen-bond acceptors (Lipinski definition) is 3. The van der Waals surface area contributed by atoms with E-state index in [0.717, 1.165) is 18.9 Å². The van der Waals surface area contributed by atoms with Gasteiger partial charge in [0.15, 0.2) is 0 Å². The van der Waals surface area contributed by atoms with Crippen LogP contribution in [0.1, 0.15) is 18.4 Å². The molecule has 1 aromatic carbocycles. The molecule has 1 saturated carbocycles. The summed E-state index contributed by atoms with van der Waals surface area (Å²) in [5, 5.41) is 14.3. The third-order valence-corrected chi connectivity index (χ3v) is 2.42. The molecule has 1 amide bonds. The fourth-order valence-electron chi connectivity index (χ4n) is 1.44. The van der Waals surface area contributed by atoms with E-state index in [4.69, 9.17) is 5.26 Å². The van der Waals surface area contributed by atoms with Crippen molar-refractivity contribution in [1.29, 1.82) is 5.26 Å². The van der Waals surface area contributed by atoms with Gasteiger partial charge in [-0.1, -0.05) is 0 Å². The van der Waals surface area contributed by atoms with Crippen molar-refractivity contribution in [3.8, 4) is 6.07 Å². The first kappa shape index (κ1) is 11.4. The van der Waals surface area contributed by atoms with Crippen LogP contribution in [0.3, 0.4) is 0 Å². The van der Waals surface area contributed by atoms with Gasteiger partial charge in [0.2, 0.25) is 5.91 Å². The third-order valence-electron chi connectivity index (χ3n) is 2.42. The maximum absolute atomic E-state index is 13.1. The SMILES string of the molecule is N#Cc1cc(F)cc(NCC(=O)NC2CC2)c1. The van der Waals surface area contributed by atoms with E-state index in [0.29, 0.717) is 11.7 Å². The summed E-state index contributed by atoms with van der Waals surface area (Å²) in [6, 6.07) is 6.08. The van der Waals surface area contributed by atoms with Crippen molar-refractivity contribution < 1.29 is 9.18 Å². The van der Waals surface area contributed by atoms with Crippen LogP contribution in [-0.4, -0.2) is 18.5 Å². The maximum Gasteiger partial charge on any atom is 0.239 e. The molecule has 0 heterocycles. The van der Waals surface area contributed by atoms with Gasteiger partial charge in [-0.15, -0.1) is 0 Å². The summed E-state index contributed by atoms with van der Waals surface area (Å²) < 4.78 is 13.1. The maximum atomic E-state index is 13.1. The first-order chi connectivity index (χ1) is 8.17. The molecule has 0 bridgehead atoms. The minimum Gasteiger partial charge on any atom is -0.376 e. The van der Waals surface area contributed by atoms with Crippen molar-refractivity contribution in [1.82, 2.24) is 5.32 Å². The first-order valence-corrected chi connectivity index (χ1v) is 5.41. The van der Waals surface area contributed by atoms with Gasteiger partial charge in [0.1, 0.15) is 5.82 Å². The van der Waals surface area contributed by atoms with E-state index in [1.54, 1.807) is 0 Å². The van der Waals surface area contributed by atoms with Gasteiger partial charge in [0, 0.05) is 11.7 Å². The predicted molar refractivity (Wildman–Crippen MR) is 60.8 cm³/mol. The number of amides is 1.